The number of ether oxygens (including phenoxy) is 1. The van der Waals surface area contributed by atoms with Crippen LogP contribution in [0.4, 0.5) is 5.69 Å². The molecule has 0 aliphatic carbocycles. The Bertz CT molecular complexity index is 806. The minimum Gasteiger partial charge on any atom is -0.383 e. The number of likely N-dealkylation sites (tertiary alicyclic amines) is 1. The van der Waals surface area contributed by atoms with E-state index in [2.05, 4.69) is 40.6 Å². The largest absolute Gasteiger partial charge is 0.383 e. The Morgan fingerprint density at radius 2 is 2.12 bits per heavy atom. The predicted molar refractivity (Wildman–Crippen MR) is 100 cm³/mol. The molecule has 2 aliphatic heterocycles. The third-order valence-electron chi connectivity index (χ3n) is 5.70. The Morgan fingerprint density at radius 3 is 2.88 bits per heavy atom. The van der Waals surface area contributed by atoms with Crippen LogP contribution >= 0.6 is 0 Å². The molecule has 1 amide bonds. The van der Waals surface area contributed by atoms with Gasteiger partial charge < -0.3 is 10.1 Å². The maximum absolute atomic E-state index is 12.7. The number of hydrogen-bond acceptors (Lipinski definition) is 4. The minimum atomic E-state index is -0.347. The Labute approximate surface area is 154 Å². The van der Waals surface area contributed by atoms with E-state index in [4.69, 9.17) is 4.74 Å². The van der Waals surface area contributed by atoms with Crippen LogP contribution in [0.3, 0.4) is 0 Å². The van der Waals surface area contributed by atoms with Crippen molar-refractivity contribution >= 4 is 11.6 Å². The van der Waals surface area contributed by atoms with Gasteiger partial charge in [-0.15, -0.1) is 0 Å². The highest BCUT2D eigenvalue weighted by atomic mass is 16.5. The van der Waals surface area contributed by atoms with Crippen molar-refractivity contribution < 1.29 is 9.53 Å². The first-order chi connectivity index (χ1) is 12.6. The number of anilines is 1. The fourth-order valence-corrected chi connectivity index (χ4v) is 4.17. The van der Waals surface area contributed by atoms with Crippen molar-refractivity contribution in [3.63, 3.8) is 0 Å². The number of carbonyl (C=O) groups is 1. The molecule has 138 valence electrons. The SMILES string of the molecule is COCCn1cc(CN2CCC3(CC2)C(=O)Nc2ccc(C)cc23)cn1. The fourth-order valence-electron chi connectivity index (χ4n) is 4.17. The van der Waals surface area contributed by atoms with Crippen LogP contribution in [0.25, 0.3) is 0 Å². The lowest BCUT2D eigenvalue weighted by Gasteiger charge is -2.38. The molecule has 1 spiro atoms. The number of nitrogens with zero attached hydrogens (tertiary/aromatic N) is 3. The van der Waals surface area contributed by atoms with Crippen LogP contribution in [-0.2, 0) is 28.0 Å². The summed E-state index contributed by atoms with van der Waals surface area (Å²) >= 11 is 0. The van der Waals surface area contributed by atoms with Gasteiger partial charge in [-0.3, -0.25) is 14.4 Å². The molecule has 1 aromatic heterocycles. The Balaban J connectivity index is 1.42. The van der Waals surface area contributed by atoms with Crippen LogP contribution < -0.4 is 5.32 Å². The first-order valence-corrected chi connectivity index (χ1v) is 9.26. The number of hydrogen-bond donors (Lipinski definition) is 1. The Kier molecular flexibility index (Phi) is 4.54. The van der Waals surface area contributed by atoms with Crippen molar-refractivity contribution in [3.05, 3.63) is 47.3 Å². The molecule has 6 nitrogen and oxygen atoms in total. The van der Waals surface area contributed by atoms with Gasteiger partial charge in [0.25, 0.3) is 0 Å². The van der Waals surface area contributed by atoms with Gasteiger partial charge in [-0.05, 0) is 44.5 Å². The summed E-state index contributed by atoms with van der Waals surface area (Å²) in [5, 5.41) is 7.48. The molecule has 2 aliphatic rings. The number of aromatic nitrogens is 2. The normalized spacial score (nSPS) is 18.9. The van der Waals surface area contributed by atoms with E-state index >= 15 is 0 Å². The molecular weight excluding hydrogens is 328 g/mol. The molecule has 0 atom stereocenters. The first kappa shape index (κ1) is 17.2. The summed E-state index contributed by atoms with van der Waals surface area (Å²) in [6, 6.07) is 6.29. The molecule has 0 saturated carbocycles. The predicted octanol–water partition coefficient (Wildman–Crippen LogP) is 2.32. The number of carbonyl (C=O) groups excluding carboxylic acids is 1. The lowest BCUT2D eigenvalue weighted by Crippen LogP contribution is -2.46. The van der Waals surface area contributed by atoms with Crippen molar-refractivity contribution in [2.24, 2.45) is 0 Å². The lowest BCUT2D eigenvalue weighted by atomic mass is 9.73. The van der Waals surface area contributed by atoms with Crippen molar-refractivity contribution in [1.82, 2.24) is 14.7 Å². The van der Waals surface area contributed by atoms with Gasteiger partial charge in [0.05, 0.1) is 24.8 Å². The van der Waals surface area contributed by atoms with Crippen LogP contribution in [0, 0.1) is 6.92 Å². The van der Waals surface area contributed by atoms with E-state index in [9.17, 15) is 4.79 Å². The van der Waals surface area contributed by atoms with Gasteiger partial charge in [0.15, 0.2) is 0 Å². The number of nitrogens with one attached hydrogen (secondary N) is 1. The van der Waals surface area contributed by atoms with Crippen molar-refractivity contribution in [2.45, 2.75) is 38.3 Å². The first-order valence-electron chi connectivity index (χ1n) is 9.26. The van der Waals surface area contributed by atoms with Crippen molar-refractivity contribution in [1.29, 1.82) is 0 Å². The smallest absolute Gasteiger partial charge is 0.235 e. The molecular formula is C20H26N4O2. The standard InChI is InChI=1S/C20H26N4O2/c1-15-3-4-18-17(11-15)20(19(25)22-18)5-7-23(8-6-20)13-16-12-21-24(14-16)9-10-26-2/h3-4,11-12,14H,5-10,13H2,1-2H3,(H,22,25). The summed E-state index contributed by atoms with van der Waals surface area (Å²) in [6.07, 6.45) is 5.76. The van der Waals surface area contributed by atoms with Gasteiger partial charge in [0.2, 0.25) is 5.91 Å². The van der Waals surface area contributed by atoms with Gasteiger partial charge in [0, 0.05) is 31.1 Å². The molecule has 6 heteroatoms. The van der Waals surface area contributed by atoms with Crippen LogP contribution in [-0.4, -0.2) is 47.4 Å². The summed E-state index contributed by atoms with van der Waals surface area (Å²) in [6.45, 7) is 6.25. The number of benzene rings is 1. The molecule has 0 radical (unpaired) electrons. The zero-order chi connectivity index (χ0) is 18.1. The second kappa shape index (κ2) is 6.85. The molecule has 1 saturated heterocycles. The van der Waals surface area contributed by atoms with Crippen LogP contribution in [0.1, 0.15) is 29.5 Å². The molecule has 1 N–H and O–H groups in total. The molecule has 0 unspecified atom stereocenters. The van der Waals surface area contributed by atoms with Gasteiger partial charge in [-0.1, -0.05) is 17.7 Å². The quantitative estimate of drug-likeness (QED) is 0.895. The third kappa shape index (κ3) is 3.04. The van der Waals surface area contributed by atoms with E-state index in [0.29, 0.717) is 6.61 Å². The van der Waals surface area contributed by atoms with E-state index in [0.717, 1.165) is 44.7 Å². The number of aryl methyl sites for hydroxylation is 1. The molecule has 2 aromatic rings. The second-order valence-corrected chi connectivity index (χ2v) is 7.47. The number of amides is 1. The number of methoxy groups -OCH3 is 1. The van der Waals surface area contributed by atoms with Crippen molar-refractivity contribution in [2.75, 3.05) is 32.1 Å². The zero-order valence-electron chi connectivity index (χ0n) is 15.5. The van der Waals surface area contributed by atoms with Gasteiger partial charge in [-0.2, -0.15) is 5.10 Å². The second-order valence-electron chi connectivity index (χ2n) is 7.47. The van der Waals surface area contributed by atoms with Crippen molar-refractivity contribution in [3.8, 4) is 0 Å². The maximum Gasteiger partial charge on any atom is 0.235 e. The van der Waals surface area contributed by atoms with E-state index in [1.807, 2.05) is 16.9 Å². The van der Waals surface area contributed by atoms with Gasteiger partial charge in [0.1, 0.15) is 0 Å². The number of rotatable bonds is 5. The average Bonchev–Trinajstić information content (AvgIpc) is 3.19. The topological polar surface area (TPSA) is 59.4 Å². The van der Waals surface area contributed by atoms with Gasteiger partial charge >= 0.3 is 0 Å². The lowest BCUT2D eigenvalue weighted by molar-refractivity contribution is -0.122. The van der Waals surface area contributed by atoms with Crippen LogP contribution in [0.5, 0.6) is 0 Å². The fraction of sp³-hybridized carbons (Fsp3) is 0.500. The van der Waals surface area contributed by atoms with E-state index in [1.165, 1.54) is 16.7 Å². The molecule has 1 aromatic carbocycles. The highest BCUT2D eigenvalue weighted by Gasteiger charge is 2.48. The Morgan fingerprint density at radius 1 is 1.31 bits per heavy atom. The number of fused-ring (bicyclic) bond motifs is 2. The molecule has 3 heterocycles. The number of piperidine rings is 1. The summed E-state index contributed by atoms with van der Waals surface area (Å²) in [5.41, 5.74) is 4.26. The van der Waals surface area contributed by atoms with E-state index < -0.39 is 0 Å². The summed E-state index contributed by atoms with van der Waals surface area (Å²) < 4.78 is 7.02. The highest BCUT2D eigenvalue weighted by Crippen LogP contribution is 2.45. The highest BCUT2D eigenvalue weighted by molar-refractivity contribution is 6.06. The Hall–Kier alpha value is -2.18. The van der Waals surface area contributed by atoms with Crippen LogP contribution in [0.15, 0.2) is 30.6 Å². The van der Waals surface area contributed by atoms with E-state index in [-0.39, 0.29) is 11.3 Å². The average molecular weight is 354 g/mol. The van der Waals surface area contributed by atoms with Crippen LogP contribution in [0.2, 0.25) is 0 Å². The minimum absolute atomic E-state index is 0.171. The molecule has 4 rings (SSSR count). The maximum atomic E-state index is 12.7. The molecule has 1 fully saturated rings. The molecule has 0 bridgehead atoms. The van der Waals surface area contributed by atoms with E-state index in [1.54, 1.807) is 7.11 Å². The van der Waals surface area contributed by atoms with Gasteiger partial charge in [-0.25, -0.2) is 0 Å². The summed E-state index contributed by atoms with van der Waals surface area (Å²) in [7, 11) is 1.70. The zero-order valence-corrected chi connectivity index (χ0v) is 15.5. The monoisotopic (exact) mass is 354 g/mol. The molecule has 26 heavy (non-hydrogen) atoms. The third-order valence-corrected chi connectivity index (χ3v) is 5.70. The summed E-state index contributed by atoms with van der Waals surface area (Å²) in [4.78, 5) is 15.2. The summed E-state index contributed by atoms with van der Waals surface area (Å²) in [5.74, 6) is 0.171.